The van der Waals surface area contributed by atoms with E-state index < -0.39 is 26.4 Å². The Hall–Kier alpha value is -2.13. The average Bonchev–Trinajstić information content (AvgIpc) is 2.91. The number of sulfone groups is 1. The van der Waals surface area contributed by atoms with E-state index in [0.29, 0.717) is 5.69 Å². The molecule has 23 heavy (non-hydrogen) atoms. The third-order valence-electron chi connectivity index (χ3n) is 2.73. The molecule has 122 valence electrons. The molecule has 0 atom stereocenters. The molecule has 1 aromatic heterocycles. The molecule has 1 heterocycles. The number of halogens is 2. The van der Waals surface area contributed by atoms with Crippen LogP contribution in [0.4, 0.5) is 14.5 Å². The summed E-state index contributed by atoms with van der Waals surface area (Å²) in [4.78, 5) is 15.3. The lowest BCUT2D eigenvalue weighted by atomic mass is 10.3. The zero-order chi connectivity index (χ0) is 17.0. The molecule has 0 spiro atoms. The van der Waals surface area contributed by atoms with Gasteiger partial charge in [-0.1, -0.05) is 12.1 Å². The Labute approximate surface area is 135 Å². The first-order valence-corrected chi connectivity index (χ1v) is 8.75. The van der Waals surface area contributed by atoms with Crippen molar-refractivity contribution in [2.24, 2.45) is 0 Å². The predicted octanol–water partition coefficient (Wildman–Crippen LogP) is 3.10. The smallest absolute Gasteiger partial charge is 0.321 e. The predicted molar refractivity (Wildman–Crippen MR) is 84.1 cm³/mol. The van der Waals surface area contributed by atoms with E-state index in [9.17, 15) is 22.0 Å². The summed E-state index contributed by atoms with van der Waals surface area (Å²) >= 11 is 1.41. The quantitative estimate of drug-likeness (QED) is 0.834. The molecule has 1 N–H and O–H groups in total. The van der Waals surface area contributed by atoms with Crippen LogP contribution in [0.1, 0.15) is 10.7 Å². The molecule has 2 rings (SSSR count). The summed E-state index contributed by atoms with van der Waals surface area (Å²) in [7, 11) is -4.80. The van der Waals surface area contributed by atoms with E-state index in [-0.39, 0.29) is 5.69 Å². The first kappa shape index (κ1) is 17.2. The number of amides is 1. The topological polar surface area (TPSA) is 76.1 Å². The van der Waals surface area contributed by atoms with Crippen molar-refractivity contribution in [3.05, 3.63) is 46.4 Å². The number of nitrogens with zero attached hydrogens (tertiary/aromatic N) is 1. The molecule has 5 nitrogen and oxygen atoms in total. The summed E-state index contributed by atoms with van der Waals surface area (Å²) in [6.07, 6.45) is 2.60. The van der Waals surface area contributed by atoms with E-state index >= 15 is 0 Å². The highest BCUT2D eigenvalue weighted by Gasteiger charge is 2.29. The van der Waals surface area contributed by atoms with Crippen LogP contribution in [0, 0.1) is 6.92 Å². The van der Waals surface area contributed by atoms with Gasteiger partial charge in [-0.3, -0.25) is 4.79 Å². The van der Waals surface area contributed by atoms with E-state index in [4.69, 9.17) is 0 Å². The van der Waals surface area contributed by atoms with Crippen molar-refractivity contribution in [1.82, 2.24) is 4.98 Å². The maximum Gasteiger partial charge on any atom is 0.341 e. The highest BCUT2D eigenvalue weighted by Crippen LogP contribution is 2.26. The van der Waals surface area contributed by atoms with Crippen molar-refractivity contribution < 1.29 is 22.0 Å². The van der Waals surface area contributed by atoms with Gasteiger partial charge in [-0.25, -0.2) is 13.4 Å². The molecule has 0 bridgehead atoms. The minimum absolute atomic E-state index is 0.197. The van der Waals surface area contributed by atoms with Crippen LogP contribution in [0.3, 0.4) is 0 Å². The summed E-state index contributed by atoms with van der Waals surface area (Å²) in [5.74, 6) is -4.21. The number of hydrogen-bond acceptors (Lipinski definition) is 5. The Kier molecular flexibility index (Phi) is 5.22. The Morgan fingerprint density at radius 2 is 2.04 bits per heavy atom. The van der Waals surface area contributed by atoms with E-state index in [1.165, 1.54) is 35.6 Å². The normalized spacial score (nSPS) is 12.0. The van der Waals surface area contributed by atoms with Gasteiger partial charge in [-0.15, -0.1) is 11.3 Å². The second-order valence-corrected chi connectivity index (χ2v) is 7.36. The molecular formula is C14H12F2N2O3S2. The van der Waals surface area contributed by atoms with Crippen molar-refractivity contribution in [2.75, 3.05) is 5.32 Å². The summed E-state index contributed by atoms with van der Waals surface area (Å²) in [6, 6.07) is 5.00. The number of aromatic nitrogens is 1. The first-order chi connectivity index (χ1) is 10.8. The van der Waals surface area contributed by atoms with Crippen LogP contribution in [-0.2, 0) is 14.6 Å². The Morgan fingerprint density at radius 1 is 1.35 bits per heavy atom. The Bertz CT molecular complexity index is 845. The third-order valence-corrected chi connectivity index (χ3v) is 4.96. The van der Waals surface area contributed by atoms with E-state index in [2.05, 4.69) is 10.3 Å². The van der Waals surface area contributed by atoms with Gasteiger partial charge in [0.05, 0.1) is 21.3 Å². The second-order valence-electron chi connectivity index (χ2n) is 4.42. The molecular weight excluding hydrogens is 346 g/mol. The summed E-state index contributed by atoms with van der Waals surface area (Å²) in [6.45, 7) is 1.81. The van der Waals surface area contributed by atoms with Crippen LogP contribution in [0.5, 0.6) is 0 Å². The van der Waals surface area contributed by atoms with Gasteiger partial charge >= 0.3 is 5.76 Å². The van der Waals surface area contributed by atoms with Gasteiger partial charge in [-0.2, -0.15) is 8.78 Å². The van der Waals surface area contributed by atoms with Crippen LogP contribution in [0.2, 0.25) is 0 Å². The molecule has 0 saturated heterocycles. The number of rotatable bonds is 5. The van der Waals surface area contributed by atoms with Gasteiger partial charge in [0.15, 0.2) is 0 Å². The van der Waals surface area contributed by atoms with Crippen LogP contribution >= 0.6 is 11.3 Å². The van der Waals surface area contributed by atoms with E-state index in [1.807, 2.05) is 6.92 Å². The van der Waals surface area contributed by atoms with Crippen molar-refractivity contribution in [3.63, 3.8) is 0 Å². The fourth-order valence-corrected chi connectivity index (χ4v) is 3.17. The molecule has 1 amide bonds. The molecule has 0 fully saturated rings. The number of alkyl halides is 2. The highest BCUT2D eigenvalue weighted by molar-refractivity contribution is 7.91. The van der Waals surface area contributed by atoms with Crippen LogP contribution < -0.4 is 5.32 Å². The fourth-order valence-electron chi connectivity index (χ4n) is 1.71. The van der Waals surface area contributed by atoms with Crippen molar-refractivity contribution in [2.45, 2.75) is 17.6 Å². The van der Waals surface area contributed by atoms with Gasteiger partial charge in [0.25, 0.3) is 0 Å². The molecule has 9 heteroatoms. The zero-order valence-corrected chi connectivity index (χ0v) is 13.5. The van der Waals surface area contributed by atoms with Crippen LogP contribution in [0.25, 0.3) is 6.08 Å². The van der Waals surface area contributed by atoms with Crippen molar-refractivity contribution in [3.8, 4) is 0 Å². The van der Waals surface area contributed by atoms with Crippen LogP contribution in [-0.4, -0.2) is 25.1 Å². The molecule has 0 aliphatic carbocycles. The molecule has 0 saturated carbocycles. The average molecular weight is 358 g/mol. The van der Waals surface area contributed by atoms with Gasteiger partial charge in [0, 0.05) is 11.5 Å². The van der Waals surface area contributed by atoms with Gasteiger partial charge in [0.2, 0.25) is 15.7 Å². The minimum Gasteiger partial charge on any atom is -0.321 e. The maximum absolute atomic E-state index is 12.7. The molecule has 2 aromatic rings. The number of para-hydroxylation sites is 1. The number of hydrogen-bond donors (Lipinski definition) is 1. The van der Waals surface area contributed by atoms with Gasteiger partial charge in [0.1, 0.15) is 0 Å². The molecule has 0 radical (unpaired) electrons. The zero-order valence-electron chi connectivity index (χ0n) is 11.9. The lowest BCUT2D eigenvalue weighted by Gasteiger charge is -2.09. The Morgan fingerprint density at radius 3 is 2.65 bits per heavy atom. The van der Waals surface area contributed by atoms with Crippen LogP contribution in [0.15, 0.2) is 40.6 Å². The Balaban J connectivity index is 2.21. The third kappa shape index (κ3) is 4.20. The maximum atomic E-state index is 12.7. The largest absolute Gasteiger partial charge is 0.341 e. The van der Waals surface area contributed by atoms with E-state index in [1.54, 1.807) is 5.38 Å². The number of carbonyl (C=O) groups is 1. The summed E-state index contributed by atoms with van der Waals surface area (Å²) in [5.41, 5.74) is 0.382. The summed E-state index contributed by atoms with van der Waals surface area (Å²) < 4.78 is 48.5. The fraction of sp³-hybridized carbons (Fsp3) is 0.143. The van der Waals surface area contributed by atoms with Crippen molar-refractivity contribution >= 4 is 38.8 Å². The number of anilines is 1. The number of nitrogens with one attached hydrogen (secondary N) is 1. The monoisotopic (exact) mass is 358 g/mol. The SMILES string of the molecule is Cc1nc(/C=C/C(=O)Nc2ccccc2S(=O)(=O)C(F)F)cs1. The lowest BCUT2D eigenvalue weighted by molar-refractivity contribution is -0.111. The molecule has 0 aliphatic heterocycles. The standard InChI is InChI=1S/C14H12F2N2O3S2/c1-9-17-10(8-22-9)6-7-13(19)18-11-4-2-3-5-12(11)23(20,21)14(15)16/h2-8,14H,1H3,(H,18,19)/b7-6+. The number of carbonyl (C=O) groups excluding carboxylic acids is 1. The second kappa shape index (κ2) is 6.97. The number of aryl methyl sites for hydroxylation is 1. The molecule has 1 aromatic carbocycles. The summed E-state index contributed by atoms with van der Waals surface area (Å²) in [5, 5.41) is 4.86. The molecule has 0 aliphatic rings. The van der Waals surface area contributed by atoms with Gasteiger partial charge in [-0.05, 0) is 25.1 Å². The lowest BCUT2D eigenvalue weighted by Crippen LogP contribution is -2.16. The number of benzene rings is 1. The van der Waals surface area contributed by atoms with Gasteiger partial charge < -0.3 is 5.32 Å². The minimum atomic E-state index is -4.80. The van der Waals surface area contributed by atoms with Crippen molar-refractivity contribution in [1.29, 1.82) is 0 Å². The molecule has 0 unspecified atom stereocenters. The van der Waals surface area contributed by atoms with E-state index in [0.717, 1.165) is 17.2 Å². The first-order valence-electron chi connectivity index (χ1n) is 6.33. The number of thiazole rings is 1. The highest BCUT2D eigenvalue weighted by atomic mass is 32.2.